The third-order valence-electron chi connectivity index (χ3n) is 4.56. The number of aromatic nitrogens is 3. The number of nitrogens with zero attached hydrogens (tertiary/aromatic N) is 3. The lowest BCUT2D eigenvalue weighted by molar-refractivity contribution is 0.941. The van der Waals surface area contributed by atoms with Crippen molar-refractivity contribution in [2.75, 3.05) is 5.32 Å². The Labute approximate surface area is 153 Å². The van der Waals surface area contributed by atoms with Crippen LogP contribution < -0.4 is 5.32 Å². The van der Waals surface area contributed by atoms with Gasteiger partial charge in [0.1, 0.15) is 5.82 Å². The summed E-state index contributed by atoms with van der Waals surface area (Å²) in [5.74, 6) is 0.916. The van der Waals surface area contributed by atoms with Crippen LogP contribution in [0.3, 0.4) is 0 Å². The second kappa shape index (κ2) is 6.30. The molecule has 0 radical (unpaired) electrons. The largest absolute Gasteiger partial charge is 0.340 e. The van der Waals surface area contributed by atoms with Crippen LogP contribution in [0.4, 0.5) is 11.5 Å². The lowest BCUT2D eigenvalue weighted by Gasteiger charge is -2.10. The molecule has 26 heavy (non-hydrogen) atoms. The summed E-state index contributed by atoms with van der Waals surface area (Å²) in [4.78, 5) is 4.72. The van der Waals surface area contributed by atoms with Gasteiger partial charge in [-0.2, -0.15) is 9.61 Å². The van der Waals surface area contributed by atoms with Crippen LogP contribution in [0.1, 0.15) is 22.4 Å². The smallest absolute Gasteiger partial charge is 0.161 e. The number of benzene rings is 2. The van der Waals surface area contributed by atoms with Crippen LogP contribution in [0.15, 0.2) is 54.6 Å². The number of fused-ring (bicyclic) bond motifs is 1. The zero-order valence-electron chi connectivity index (χ0n) is 15.5. The van der Waals surface area contributed by atoms with Gasteiger partial charge in [0.05, 0.1) is 5.69 Å². The van der Waals surface area contributed by atoms with E-state index in [1.54, 1.807) is 0 Å². The lowest BCUT2D eigenvalue weighted by Crippen LogP contribution is -2.02. The number of hydrogen-bond acceptors (Lipinski definition) is 3. The highest BCUT2D eigenvalue weighted by atomic mass is 15.3. The Kier molecular flexibility index (Phi) is 3.96. The molecule has 0 fully saturated rings. The van der Waals surface area contributed by atoms with Crippen molar-refractivity contribution in [1.29, 1.82) is 0 Å². The van der Waals surface area contributed by atoms with Gasteiger partial charge >= 0.3 is 0 Å². The molecule has 2 aromatic heterocycles. The molecule has 0 aliphatic carbocycles. The van der Waals surface area contributed by atoms with Gasteiger partial charge in [0.15, 0.2) is 5.65 Å². The van der Waals surface area contributed by atoms with E-state index in [0.29, 0.717) is 0 Å². The van der Waals surface area contributed by atoms with Gasteiger partial charge in [-0.3, -0.25) is 0 Å². The molecule has 0 unspecified atom stereocenters. The molecule has 130 valence electrons. The summed E-state index contributed by atoms with van der Waals surface area (Å²) in [6.45, 7) is 8.28. The zero-order chi connectivity index (χ0) is 18.3. The Bertz CT molecular complexity index is 1090. The van der Waals surface area contributed by atoms with Crippen molar-refractivity contribution in [3.05, 3.63) is 77.0 Å². The van der Waals surface area contributed by atoms with Crippen LogP contribution in [0, 0.1) is 27.7 Å². The maximum atomic E-state index is 4.86. The van der Waals surface area contributed by atoms with E-state index in [-0.39, 0.29) is 0 Å². The van der Waals surface area contributed by atoms with Gasteiger partial charge in [0.25, 0.3) is 0 Å². The van der Waals surface area contributed by atoms with Crippen LogP contribution >= 0.6 is 0 Å². The first-order valence-corrected chi connectivity index (χ1v) is 8.79. The van der Waals surface area contributed by atoms with Crippen molar-refractivity contribution in [1.82, 2.24) is 14.6 Å². The number of anilines is 2. The molecule has 0 saturated heterocycles. The monoisotopic (exact) mass is 342 g/mol. The third kappa shape index (κ3) is 2.94. The van der Waals surface area contributed by atoms with Gasteiger partial charge in [0.2, 0.25) is 0 Å². The summed E-state index contributed by atoms with van der Waals surface area (Å²) < 4.78 is 1.90. The van der Waals surface area contributed by atoms with Gasteiger partial charge < -0.3 is 5.32 Å². The summed E-state index contributed by atoms with van der Waals surface area (Å²) in [5, 5.41) is 8.35. The minimum atomic E-state index is 0.885. The predicted octanol–water partition coefficient (Wildman–Crippen LogP) is 5.37. The van der Waals surface area contributed by atoms with Gasteiger partial charge in [-0.05, 0) is 45.4 Å². The topological polar surface area (TPSA) is 42.2 Å². The van der Waals surface area contributed by atoms with Crippen molar-refractivity contribution in [2.45, 2.75) is 27.7 Å². The molecule has 1 N–H and O–H groups in total. The first-order chi connectivity index (χ1) is 12.5. The first kappa shape index (κ1) is 16.3. The van der Waals surface area contributed by atoms with Gasteiger partial charge in [-0.15, -0.1) is 0 Å². The zero-order valence-corrected chi connectivity index (χ0v) is 15.5. The molecule has 4 rings (SSSR count). The van der Waals surface area contributed by atoms with E-state index in [4.69, 9.17) is 10.1 Å². The average molecular weight is 342 g/mol. The SMILES string of the molecule is Cc1ccc(-c2nn3c(Nc4cccc(C)c4)cc(C)nc3c2C)cc1. The molecule has 0 atom stereocenters. The first-order valence-electron chi connectivity index (χ1n) is 8.79. The number of nitrogens with one attached hydrogen (secondary N) is 1. The Morgan fingerprint density at radius 1 is 0.846 bits per heavy atom. The molecule has 2 heterocycles. The molecule has 0 spiro atoms. The minimum Gasteiger partial charge on any atom is -0.340 e. The van der Waals surface area contributed by atoms with E-state index in [9.17, 15) is 0 Å². The molecule has 4 heteroatoms. The van der Waals surface area contributed by atoms with Crippen LogP contribution in [0.25, 0.3) is 16.9 Å². The maximum absolute atomic E-state index is 4.86. The summed E-state index contributed by atoms with van der Waals surface area (Å²) in [6.07, 6.45) is 0. The normalized spacial score (nSPS) is 11.1. The van der Waals surface area contributed by atoms with E-state index in [1.807, 2.05) is 17.5 Å². The quantitative estimate of drug-likeness (QED) is 0.544. The lowest BCUT2D eigenvalue weighted by atomic mass is 10.1. The Morgan fingerprint density at radius 2 is 1.62 bits per heavy atom. The Morgan fingerprint density at radius 3 is 2.35 bits per heavy atom. The predicted molar refractivity (Wildman–Crippen MR) is 107 cm³/mol. The van der Waals surface area contributed by atoms with Gasteiger partial charge in [0, 0.05) is 28.6 Å². The Balaban J connectivity index is 1.86. The molecule has 0 aliphatic heterocycles. The molecular formula is C22H22N4. The molecule has 4 nitrogen and oxygen atoms in total. The standard InChI is InChI=1S/C22H22N4/c1-14-8-10-18(11-9-14)21-17(4)22-23-16(3)13-20(26(22)25-21)24-19-7-5-6-15(2)12-19/h5-13,24H,1-4H3. The van der Waals surface area contributed by atoms with Gasteiger partial charge in [-0.1, -0.05) is 42.0 Å². The summed E-state index contributed by atoms with van der Waals surface area (Å²) in [6, 6.07) is 18.8. The van der Waals surface area contributed by atoms with E-state index >= 15 is 0 Å². The number of aryl methyl sites for hydroxylation is 4. The fraction of sp³-hybridized carbons (Fsp3) is 0.182. The molecule has 0 aliphatic rings. The highest BCUT2D eigenvalue weighted by Crippen LogP contribution is 2.28. The van der Waals surface area contributed by atoms with Crippen molar-refractivity contribution in [3.63, 3.8) is 0 Å². The maximum Gasteiger partial charge on any atom is 0.161 e. The van der Waals surface area contributed by atoms with Crippen LogP contribution in [0.5, 0.6) is 0 Å². The summed E-state index contributed by atoms with van der Waals surface area (Å²) in [5.41, 5.74) is 8.52. The van der Waals surface area contributed by atoms with E-state index in [1.165, 1.54) is 11.1 Å². The van der Waals surface area contributed by atoms with E-state index in [2.05, 4.69) is 74.6 Å². The van der Waals surface area contributed by atoms with Crippen LogP contribution in [-0.4, -0.2) is 14.6 Å². The summed E-state index contributed by atoms with van der Waals surface area (Å²) in [7, 11) is 0. The molecule has 0 saturated carbocycles. The highest BCUT2D eigenvalue weighted by molar-refractivity contribution is 5.72. The van der Waals surface area contributed by atoms with Crippen LogP contribution in [-0.2, 0) is 0 Å². The second-order valence-corrected chi connectivity index (χ2v) is 6.85. The molecule has 0 amide bonds. The second-order valence-electron chi connectivity index (χ2n) is 6.85. The Hall–Kier alpha value is -3.14. The number of hydrogen-bond donors (Lipinski definition) is 1. The molecular weight excluding hydrogens is 320 g/mol. The van der Waals surface area contributed by atoms with Crippen molar-refractivity contribution in [3.8, 4) is 11.3 Å². The molecule has 0 bridgehead atoms. The number of rotatable bonds is 3. The van der Waals surface area contributed by atoms with Crippen LogP contribution in [0.2, 0.25) is 0 Å². The molecule has 2 aromatic carbocycles. The van der Waals surface area contributed by atoms with Crippen molar-refractivity contribution >= 4 is 17.2 Å². The van der Waals surface area contributed by atoms with Crippen molar-refractivity contribution in [2.24, 2.45) is 0 Å². The highest BCUT2D eigenvalue weighted by Gasteiger charge is 2.15. The average Bonchev–Trinajstić information content (AvgIpc) is 2.93. The fourth-order valence-corrected chi connectivity index (χ4v) is 3.19. The minimum absolute atomic E-state index is 0.885. The third-order valence-corrected chi connectivity index (χ3v) is 4.56. The van der Waals surface area contributed by atoms with Gasteiger partial charge in [-0.25, -0.2) is 4.98 Å². The summed E-state index contributed by atoms with van der Waals surface area (Å²) >= 11 is 0. The fourth-order valence-electron chi connectivity index (χ4n) is 3.19. The van der Waals surface area contributed by atoms with Crippen molar-refractivity contribution < 1.29 is 0 Å². The van der Waals surface area contributed by atoms with E-state index in [0.717, 1.165) is 39.7 Å². The molecule has 4 aromatic rings. The van der Waals surface area contributed by atoms with E-state index < -0.39 is 0 Å².